The second-order valence-electron chi connectivity index (χ2n) is 7.54. The Balaban J connectivity index is 1.76. The fourth-order valence-electron chi connectivity index (χ4n) is 2.97. The first-order valence-corrected chi connectivity index (χ1v) is 9.12. The van der Waals surface area contributed by atoms with Gasteiger partial charge in [-0.2, -0.15) is 0 Å². The van der Waals surface area contributed by atoms with Gasteiger partial charge < -0.3 is 16.0 Å². The van der Waals surface area contributed by atoms with Gasteiger partial charge in [-0.25, -0.2) is 9.97 Å². The molecule has 0 radical (unpaired) electrons. The summed E-state index contributed by atoms with van der Waals surface area (Å²) in [5.41, 5.74) is 0.545. The van der Waals surface area contributed by atoms with Gasteiger partial charge in [0.2, 0.25) is 5.91 Å². The molecule has 0 aliphatic carbocycles. The molecule has 1 saturated heterocycles. The first kappa shape index (κ1) is 19.7. The maximum Gasteiger partial charge on any atom is 0.234 e. The highest BCUT2D eigenvalue weighted by Crippen LogP contribution is 2.26. The smallest absolute Gasteiger partial charge is 0.234 e. The number of anilines is 2. The summed E-state index contributed by atoms with van der Waals surface area (Å²) >= 11 is 6.07. The van der Waals surface area contributed by atoms with E-state index in [1.165, 1.54) is 6.33 Å². The van der Waals surface area contributed by atoms with E-state index in [1.807, 2.05) is 20.8 Å². The summed E-state index contributed by atoms with van der Waals surface area (Å²) in [5, 5.41) is 9.82. The van der Waals surface area contributed by atoms with E-state index >= 15 is 0 Å². The number of carbonyl (C=O) groups excluding carboxylic acids is 1. The lowest BCUT2D eigenvalue weighted by Crippen LogP contribution is -2.47. The molecule has 7 nitrogen and oxygen atoms in total. The molecule has 0 unspecified atom stereocenters. The van der Waals surface area contributed by atoms with E-state index in [2.05, 4.69) is 30.8 Å². The van der Waals surface area contributed by atoms with Gasteiger partial charge in [0.15, 0.2) is 11.0 Å². The summed E-state index contributed by atoms with van der Waals surface area (Å²) in [5.74, 6) is 1.38. The molecule has 0 aromatic carbocycles. The molecule has 2 rings (SSSR count). The number of nitrogens with one attached hydrogen (secondary N) is 3. The summed E-state index contributed by atoms with van der Waals surface area (Å²) in [6.07, 6.45) is 3.58. The van der Waals surface area contributed by atoms with Crippen molar-refractivity contribution in [1.29, 1.82) is 0 Å². The van der Waals surface area contributed by atoms with Crippen LogP contribution in [-0.4, -0.2) is 59.5 Å². The molecule has 2 heterocycles. The van der Waals surface area contributed by atoms with E-state index in [9.17, 15) is 4.79 Å². The topological polar surface area (TPSA) is 82.2 Å². The summed E-state index contributed by atoms with van der Waals surface area (Å²) in [7, 11) is 1.80. The molecule has 1 aromatic heterocycles. The molecule has 1 aliphatic rings. The minimum Gasteiger partial charge on any atom is -0.383 e. The van der Waals surface area contributed by atoms with Crippen LogP contribution in [0.3, 0.4) is 0 Å². The third kappa shape index (κ3) is 6.32. The molecule has 0 spiro atoms. The number of carbonyl (C=O) groups is 1. The second-order valence-corrected chi connectivity index (χ2v) is 7.89. The van der Waals surface area contributed by atoms with Crippen molar-refractivity contribution in [2.45, 2.75) is 39.2 Å². The van der Waals surface area contributed by atoms with Crippen LogP contribution in [0.4, 0.5) is 11.5 Å². The third-order valence-corrected chi connectivity index (χ3v) is 4.48. The van der Waals surface area contributed by atoms with Crippen LogP contribution < -0.4 is 16.0 Å². The van der Waals surface area contributed by atoms with Gasteiger partial charge >= 0.3 is 0 Å². The van der Waals surface area contributed by atoms with Crippen LogP contribution in [0.5, 0.6) is 0 Å². The largest absolute Gasteiger partial charge is 0.383 e. The van der Waals surface area contributed by atoms with Crippen molar-refractivity contribution in [3.63, 3.8) is 0 Å². The molecule has 8 heteroatoms. The molecule has 1 amide bonds. The van der Waals surface area contributed by atoms with E-state index in [4.69, 9.17) is 11.6 Å². The molecule has 25 heavy (non-hydrogen) atoms. The molecule has 1 aliphatic heterocycles. The zero-order chi connectivity index (χ0) is 18.4. The second kappa shape index (κ2) is 8.67. The summed E-state index contributed by atoms with van der Waals surface area (Å²) in [6.45, 7) is 9.19. The fraction of sp³-hybridized carbons (Fsp3) is 0.706. The van der Waals surface area contributed by atoms with Gasteiger partial charge in [0.1, 0.15) is 12.0 Å². The van der Waals surface area contributed by atoms with Crippen molar-refractivity contribution >= 4 is 29.0 Å². The average molecular weight is 369 g/mol. The molecule has 0 atom stereocenters. The van der Waals surface area contributed by atoms with E-state index < -0.39 is 0 Å². The minimum absolute atomic E-state index is 0.0957. The van der Waals surface area contributed by atoms with E-state index in [0.717, 1.165) is 44.0 Å². The van der Waals surface area contributed by atoms with Gasteiger partial charge in [0.25, 0.3) is 0 Å². The zero-order valence-corrected chi connectivity index (χ0v) is 16.3. The highest BCUT2D eigenvalue weighted by atomic mass is 35.5. The van der Waals surface area contributed by atoms with Crippen LogP contribution >= 0.6 is 11.6 Å². The number of hydrogen-bond acceptors (Lipinski definition) is 6. The molecule has 1 aromatic rings. The van der Waals surface area contributed by atoms with Crippen molar-refractivity contribution in [2.24, 2.45) is 5.92 Å². The van der Waals surface area contributed by atoms with Gasteiger partial charge in [-0.15, -0.1) is 0 Å². The molecule has 0 bridgehead atoms. The maximum absolute atomic E-state index is 12.0. The van der Waals surface area contributed by atoms with Crippen molar-refractivity contribution < 1.29 is 4.79 Å². The predicted octanol–water partition coefficient (Wildman–Crippen LogP) is 2.21. The standard InChI is InChI=1S/C17H29ClN6O/c1-17(2,3)23-13(25)10-24-7-5-12(6-8-24)9-20-16-14(19-4)15(18)21-11-22-16/h11-12,19H,5-10H2,1-4H3,(H,23,25)(H,20,21,22). The van der Waals surface area contributed by atoms with Gasteiger partial charge in [0, 0.05) is 19.1 Å². The Morgan fingerprint density at radius 3 is 2.60 bits per heavy atom. The van der Waals surface area contributed by atoms with E-state index in [1.54, 1.807) is 7.05 Å². The fourth-order valence-corrected chi connectivity index (χ4v) is 3.20. The molecular weight excluding hydrogens is 340 g/mol. The summed E-state index contributed by atoms with van der Waals surface area (Å²) < 4.78 is 0. The third-order valence-electron chi connectivity index (χ3n) is 4.20. The van der Waals surface area contributed by atoms with Crippen molar-refractivity contribution in [3.8, 4) is 0 Å². The number of piperidine rings is 1. The first-order chi connectivity index (χ1) is 11.8. The van der Waals surface area contributed by atoms with Gasteiger partial charge in [-0.05, 0) is 52.6 Å². The zero-order valence-electron chi connectivity index (χ0n) is 15.5. The lowest BCUT2D eigenvalue weighted by molar-refractivity contribution is -0.124. The van der Waals surface area contributed by atoms with Gasteiger partial charge in [-0.3, -0.25) is 9.69 Å². The lowest BCUT2D eigenvalue weighted by atomic mass is 9.96. The van der Waals surface area contributed by atoms with Crippen molar-refractivity contribution in [1.82, 2.24) is 20.2 Å². The minimum atomic E-state index is -0.177. The number of rotatable bonds is 6. The number of amides is 1. The Labute approximate surface area is 154 Å². The number of nitrogens with zero attached hydrogens (tertiary/aromatic N) is 3. The molecule has 3 N–H and O–H groups in total. The monoisotopic (exact) mass is 368 g/mol. The maximum atomic E-state index is 12.0. The van der Waals surface area contributed by atoms with Gasteiger partial charge in [-0.1, -0.05) is 11.6 Å². The van der Waals surface area contributed by atoms with Crippen LogP contribution in [0.1, 0.15) is 33.6 Å². The average Bonchev–Trinajstić information content (AvgIpc) is 2.52. The van der Waals surface area contributed by atoms with Crippen LogP contribution in [0.15, 0.2) is 6.33 Å². The van der Waals surface area contributed by atoms with Crippen LogP contribution in [0.2, 0.25) is 5.15 Å². The molecule has 1 fully saturated rings. The Morgan fingerprint density at radius 2 is 2.00 bits per heavy atom. The Hall–Kier alpha value is -1.60. The van der Waals surface area contributed by atoms with Crippen LogP contribution in [0.25, 0.3) is 0 Å². The van der Waals surface area contributed by atoms with E-state index in [0.29, 0.717) is 17.6 Å². The highest BCUT2D eigenvalue weighted by Gasteiger charge is 2.22. The number of aromatic nitrogens is 2. The predicted molar refractivity (Wildman–Crippen MR) is 102 cm³/mol. The number of hydrogen-bond donors (Lipinski definition) is 3. The number of halogens is 1. The van der Waals surface area contributed by atoms with Crippen LogP contribution in [-0.2, 0) is 4.79 Å². The molecular formula is C17H29ClN6O. The molecule has 0 saturated carbocycles. The Bertz CT molecular complexity index is 581. The SMILES string of the molecule is CNc1c(Cl)ncnc1NCC1CCN(CC(=O)NC(C)(C)C)CC1. The lowest BCUT2D eigenvalue weighted by Gasteiger charge is -2.32. The highest BCUT2D eigenvalue weighted by molar-refractivity contribution is 6.32. The van der Waals surface area contributed by atoms with Gasteiger partial charge in [0.05, 0.1) is 6.54 Å². The number of likely N-dealkylation sites (tertiary alicyclic amines) is 1. The Morgan fingerprint density at radius 1 is 1.32 bits per heavy atom. The quantitative estimate of drug-likeness (QED) is 0.668. The summed E-state index contributed by atoms with van der Waals surface area (Å²) in [6, 6.07) is 0. The van der Waals surface area contributed by atoms with Crippen molar-refractivity contribution in [3.05, 3.63) is 11.5 Å². The molecule has 140 valence electrons. The van der Waals surface area contributed by atoms with Crippen LogP contribution in [0, 0.1) is 5.92 Å². The Kier molecular flexibility index (Phi) is 6.84. The van der Waals surface area contributed by atoms with E-state index in [-0.39, 0.29) is 11.4 Å². The summed E-state index contributed by atoms with van der Waals surface area (Å²) in [4.78, 5) is 22.5. The normalized spacial score (nSPS) is 16.5. The van der Waals surface area contributed by atoms with Crippen molar-refractivity contribution in [2.75, 3.05) is 43.9 Å². The first-order valence-electron chi connectivity index (χ1n) is 8.74.